The molecule has 23 heavy (non-hydrogen) atoms. The maximum atomic E-state index is 5.92. The molecule has 4 heteroatoms. The van der Waals surface area contributed by atoms with E-state index in [1.54, 1.807) is 21.3 Å². The summed E-state index contributed by atoms with van der Waals surface area (Å²) in [5.41, 5.74) is 2.47. The Labute approximate surface area is 136 Å². The molecule has 2 aromatic carbocycles. The average Bonchev–Trinajstić information content (AvgIpc) is 2.61. The van der Waals surface area contributed by atoms with E-state index < -0.39 is 0 Å². The van der Waals surface area contributed by atoms with Gasteiger partial charge in [0.1, 0.15) is 11.5 Å². The molecular weight excluding hydrogens is 292 g/mol. The summed E-state index contributed by atoms with van der Waals surface area (Å²) < 4.78 is 21.8. The first kappa shape index (κ1) is 15.5. The smallest absolute Gasteiger partial charge is 0.160 e. The summed E-state index contributed by atoms with van der Waals surface area (Å²) in [5, 5.41) is 0. The molecule has 0 aliphatic carbocycles. The minimum atomic E-state index is 0.453. The normalized spacial score (nSPS) is 16.2. The summed E-state index contributed by atoms with van der Waals surface area (Å²) in [4.78, 5) is 0. The number of fused-ring (bicyclic) bond motifs is 1. The lowest BCUT2D eigenvalue weighted by Crippen LogP contribution is -2.22. The van der Waals surface area contributed by atoms with Crippen LogP contribution in [0, 0.1) is 5.92 Å². The first-order valence-electron chi connectivity index (χ1n) is 7.74. The van der Waals surface area contributed by atoms with Gasteiger partial charge in [0.05, 0.1) is 27.9 Å². The van der Waals surface area contributed by atoms with Crippen molar-refractivity contribution in [3.05, 3.63) is 47.5 Å². The van der Waals surface area contributed by atoms with Gasteiger partial charge in [-0.15, -0.1) is 0 Å². The van der Waals surface area contributed by atoms with Gasteiger partial charge in [-0.1, -0.05) is 12.1 Å². The zero-order chi connectivity index (χ0) is 16.2. The Hall–Kier alpha value is -2.36. The van der Waals surface area contributed by atoms with Crippen LogP contribution in [0.1, 0.15) is 11.1 Å². The van der Waals surface area contributed by atoms with Crippen molar-refractivity contribution in [1.29, 1.82) is 0 Å². The van der Waals surface area contributed by atoms with Gasteiger partial charge in [0.25, 0.3) is 0 Å². The number of methoxy groups -OCH3 is 3. The molecule has 0 unspecified atom stereocenters. The first-order valence-corrected chi connectivity index (χ1v) is 7.74. The standard InChI is InChI=1S/C19H22O4/c1-20-16-6-5-15-9-14(12-23-18(15)11-16)8-13-4-7-17(21-2)19(10-13)22-3/h4-7,10-11,14H,8-9,12H2,1-3H3/t14-/m0/s1. The predicted octanol–water partition coefficient (Wildman–Crippen LogP) is 3.51. The van der Waals surface area contributed by atoms with Gasteiger partial charge >= 0.3 is 0 Å². The zero-order valence-corrected chi connectivity index (χ0v) is 13.8. The SMILES string of the molecule is COc1ccc2c(c1)OC[C@@H](Cc1ccc(OC)c(OC)c1)C2. The van der Waals surface area contributed by atoms with Gasteiger partial charge < -0.3 is 18.9 Å². The van der Waals surface area contributed by atoms with Crippen LogP contribution in [-0.2, 0) is 12.8 Å². The van der Waals surface area contributed by atoms with Gasteiger partial charge in [-0.2, -0.15) is 0 Å². The molecule has 0 aromatic heterocycles. The Balaban J connectivity index is 1.72. The van der Waals surface area contributed by atoms with Crippen molar-refractivity contribution in [3.8, 4) is 23.0 Å². The zero-order valence-electron chi connectivity index (χ0n) is 13.8. The second kappa shape index (κ2) is 6.82. The maximum Gasteiger partial charge on any atom is 0.160 e. The fraction of sp³-hybridized carbons (Fsp3) is 0.368. The summed E-state index contributed by atoms with van der Waals surface area (Å²) in [6, 6.07) is 12.1. The van der Waals surface area contributed by atoms with Gasteiger partial charge in [0.15, 0.2) is 11.5 Å². The molecule has 4 nitrogen and oxygen atoms in total. The Morgan fingerprint density at radius 1 is 0.957 bits per heavy atom. The van der Waals surface area contributed by atoms with Crippen molar-refractivity contribution in [2.24, 2.45) is 5.92 Å². The summed E-state index contributed by atoms with van der Waals surface area (Å²) in [6.07, 6.45) is 1.96. The van der Waals surface area contributed by atoms with Crippen molar-refractivity contribution in [2.75, 3.05) is 27.9 Å². The summed E-state index contributed by atoms with van der Waals surface area (Å²) in [5.74, 6) is 3.75. The van der Waals surface area contributed by atoms with Crippen LogP contribution in [0.4, 0.5) is 0 Å². The highest BCUT2D eigenvalue weighted by molar-refractivity contribution is 5.44. The fourth-order valence-corrected chi connectivity index (χ4v) is 3.01. The Morgan fingerprint density at radius 2 is 1.78 bits per heavy atom. The van der Waals surface area contributed by atoms with E-state index in [2.05, 4.69) is 12.1 Å². The number of benzene rings is 2. The van der Waals surface area contributed by atoms with Crippen molar-refractivity contribution in [2.45, 2.75) is 12.8 Å². The highest BCUT2D eigenvalue weighted by atomic mass is 16.5. The Bertz CT molecular complexity index is 681. The number of ether oxygens (including phenoxy) is 4. The van der Waals surface area contributed by atoms with E-state index >= 15 is 0 Å². The van der Waals surface area contributed by atoms with E-state index in [9.17, 15) is 0 Å². The molecule has 0 amide bonds. The van der Waals surface area contributed by atoms with Gasteiger partial charge in [-0.05, 0) is 42.2 Å². The molecule has 1 atom stereocenters. The van der Waals surface area contributed by atoms with Crippen molar-refractivity contribution >= 4 is 0 Å². The minimum Gasteiger partial charge on any atom is -0.497 e. The molecule has 0 fully saturated rings. The van der Waals surface area contributed by atoms with Crippen LogP contribution in [0.15, 0.2) is 36.4 Å². The van der Waals surface area contributed by atoms with Crippen LogP contribution in [-0.4, -0.2) is 27.9 Å². The summed E-state index contributed by atoms with van der Waals surface area (Å²) >= 11 is 0. The quantitative estimate of drug-likeness (QED) is 0.846. The molecule has 0 spiro atoms. The van der Waals surface area contributed by atoms with Crippen LogP contribution in [0.5, 0.6) is 23.0 Å². The third-order valence-corrected chi connectivity index (χ3v) is 4.23. The average molecular weight is 314 g/mol. The Morgan fingerprint density at radius 3 is 2.52 bits per heavy atom. The fourth-order valence-electron chi connectivity index (χ4n) is 3.01. The Kier molecular flexibility index (Phi) is 4.60. The first-order chi connectivity index (χ1) is 11.2. The van der Waals surface area contributed by atoms with E-state index in [0.29, 0.717) is 12.5 Å². The summed E-state index contributed by atoms with van der Waals surface area (Å²) in [6.45, 7) is 0.717. The molecule has 0 radical (unpaired) electrons. The van der Waals surface area contributed by atoms with Crippen LogP contribution in [0.2, 0.25) is 0 Å². The second-order valence-electron chi connectivity index (χ2n) is 5.75. The van der Waals surface area contributed by atoms with E-state index in [-0.39, 0.29) is 0 Å². The maximum absolute atomic E-state index is 5.92. The van der Waals surface area contributed by atoms with Crippen LogP contribution in [0.25, 0.3) is 0 Å². The predicted molar refractivity (Wildman–Crippen MR) is 88.9 cm³/mol. The molecule has 1 aliphatic heterocycles. The molecular formula is C19H22O4. The molecule has 0 N–H and O–H groups in total. The van der Waals surface area contributed by atoms with Gasteiger partial charge in [-0.25, -0.2) is 0 Å². The molecule has 0 saturated heterocycles. The van der Waals surface area contributed by atoms with Crippen LogP contribution < -0.4 is 18.9 Å². The second-order valence-corrected chi connectivity index (χ2v) is 5.75. The molecule has 2 aromatic rings. The number of hydrogen-bond acceptors (Lipinski definition) is 4. The lowest BCUT2D eigenvalue weighted by Gasteiger charge is -2.26. The van der Waals surface area contributed by atoms with Gasteiger partial charge in [0.2, 0.25) is 0 Å². The largest absolute Gasteiger partial charge is 0.497 e. The topological polar surface area (TPSA) is 36.9 Å². The lowest BCUT2D eigenvalue weighted by molar-refractivity contribution is 0.220. The molecule has 122 valence electrons. The molecule has 1 aliphatic rings. The third kappa shape index (κ3) is 3.36. The van der Waals surface area contributed by atoms with Crippen LogP contribution >= 0.6 is 0 Å². The molecule has 0 bridgehead atoms. The van der Waals surface area contributed by atoms with Gasteiger partial charge in [0, 0.05) is 12.0 Å². The lowest BCUT2D eigenvalue weighted by atomic mass is 9.91. The highest BCUT2D eigenvalue weighted by Gasteiger charge is 2.21. The van der Waals surface area contributed by atoms with E-state index in [0.717, 1.165) is 35.8 Å². The highest BCUT2D eigenvalue weighted by Crippen LogP contribution is 2.33. The van der Waals surface area contributed by atoms with Crippen molar-refractivity contribution in [3.63, 3.8) is 0 Å². The third-order valence-electron chi connectivity index (χ3n) is 4.23. The van der Waals surface area contributed by atoms with Crippen LogP contribution in [0.3, 0.4) is 0 Å². The monoisotopic (exact) mass is 314 g/mol. The minimum absolute atomic E-state index is 0.453. The molecule has 3 rings (SSSR count). The van der Waals surface area contributed by atoms with Gasteiger partial charge in [-0.3, -0.25) is 0 Å². The molecule has 1 heterocycles. The van der Waals surface area contributed by atoms with Crippen molar-refractivity contribution < 1.29 is 18.9 Å². The van der Waals surface area contributed by atoms with Crippen molar-refractivity contribution in [1.82, 2.24) is 0 Å². The number of hydrogen-bond donors (Lipinski definition) is 0. The van der Waals surface area contributed by atoms with E-state index in [1.807, 2.05) is 24.3 Å². The van der Waals surface area contributed by atoms with E-state index in [4.69, 9.17) is 18.9 Å². The van der Waals surface area contributed by atoms with E-state index in [1.165, 1.54) is 11.1 Å². The summed E-state index contributed by atoms with van der Waals surface area (Å²) in [7, 11) is 4.98. The number of rotatable bonds is 5. The molecule has 0 saturated carbocycles.